The molecule has 0 radical (unpaired) electrons. The van der Waals surface area contributed by atoms with E-state index in [0.29, 0.717) is 22.5 Å². The zero-order valence-corrected chi connectivity index (χ0v) is 17.0. The molecule has 2 fully saturated rings. The maximum atomic E-state index is 12.4. The van der Waals surface area contributed by atoms with E-state index >= 15 is 0 Å². The molecule has 3 heterocycles. The molecule has 0 unspecified atom stereocenters. The lowest BCUT2D eigenvalue weighted by atomic mass is 9.98. The van der Waals surface area contributed by atoms with Gasteiger partial charge in [-0.25, -0.2) is 4.98 Å². The Bertz CT molecular complexity index is 1320. The molecule has 3 aromatic rings. The van der Waals surface area contributed by atoms with Crippen LogP contribution in [-0.2, 0) is 4.79 Å². The number of likely N-dealkylation sites (N-methyl/N-ethyl adjacent to an activating group) is 1. The summed E-state index contributed by atoms with van der Waals surface area (Å²) >= 11 is 0. The number of aromatic nitrogens is 2. The average molecular weight is 416 g/mol. The molecule has 1 saturated heterocycles. The lowest BCUT2D eigenvalue weighted by Crippen LogP contribution is -2.41. The summed E-state index contributed by atoms with van der Waals surface area (Å²) in [6, 6.07) is 10.8. The fraction of sp³-hybridized carbons (Fsp3) is 0.261. The smallest absolute Gasteiger partial charge is 0.285 e. The van der Waals surface area contributed by atoms with E-state index < -0.39 is 11.5 Å². The summed E-state index contributed by atoms with van der Waals surface area (Å²) in [6.07, 6.45) is 2.45. The summed E-state index contributed by atoms with van der Waals surface area (Å²) in [6.45, 7) is 0. The highest BCUT2D eigenvalue weighted by Gasteiger charge is 2.66. The van der Waals surface area contributed by atoms with Crippen LogP contribution in [0.15, 0.2) is 42.6 Å². The second-order valence-electron chi connectivity index (χ2n) is 7.89. The highest BCUT2D eigenvalue weighted by molar-refractivity contribution is 5.94. The number of benzene rings is 1. The van der Waals surface area contributed by atoms with Crippen molar-refractivity contribution < 1.29 is 19.4 Å². The maximum absolute atomic E-state index is 12.4. The quantitative estimate of drug-likeness (QED) is 0.620. The van der Waals surface area contributed by atoms with Crippen LogP contribution in [0.25, 0.3) is 16.8 Å². The average Bonchev–Trinajstić information content (AvgIpc) is 3.46. The molecule has 2 aromatic heterocycles. The number of methoxy groups -OCH3 is 1. The molecule has 2 aliphatic rings. The number of carbonyl (C=O) groups is 2. The van der Waals surface area contributed by atoms with E-state index in [1.807, 2.05) is 6.07 Å². The van der Waals surface area contributed by atoms with Crippen molar-refractivity contribution in [2.24, 2.45) is 11.7 Å². The number of piperidine rings is 1. The van der Waals surface area contributed by atoms with Gasteiger partial charge < -0.3 is 20.5 Å². The number of ether oxygens (including phenoxy) is 1. The third kappa shape index (κ3) is 2.86. The standard InChI is InChI=1S/C23H20N4O4/c1-26-17-12-16(17)23(30,22(26)29)8-6-13-4-3-5-14(10-13)19-18-11-15(31-2)7-9-27(18)21(25-19)20(24)28/h3-5,7,9-11,16-17,30H,12H2,1-2H3,(H2,24,28)/t16-,17+,23-/m1/s1. The zero-order chi connectivity index (χ0) is 21.9. The number of likely N-dealkylation sites (tertiary alicyclic amines) is 1. The van der Waals surface area contributed by atoms with Gasteiger partial charge in [-0.05, 0) is 24.6 Å². The monoisotopic (exact) mass is 416 g/mol. The molecule has 2 amide bonds. The van der Waals surface area contributed by atoms with Gasteiger partial charge in [-0.1, -0.05) is 24.0 Å². The summed E-state index contributed by atoms with van der Waals surface area (Å²) in [5, 5.41) is 10.8. The first kappa shape index (κ1) is 19.2. The number of fused-ring (bicyclic) bond motifs is 2. The molecule has 8 nitrogen and oxygen atoms in total. The molecule has 0 bridgehead atoms. The van der Waals surface area contributed by atoms with Gasteiger partial charge in [0.25, 0.3) is 11.8 Å². The number of hydrogen-bond donors (Lipinski definition) is 2. The molecular weight excluding hydrogens is 396 g/mol. The fourth-order valence-corrected chi connectivity index (χ4v) is 4.27. The van der Waals surface area contributed by atoms with Gasteiger partial charge in [-0.3, -0.25) is 14.0 Å². The van der Waals surface area contributed by atoms with Gasteiger partial charge in [0, 0.05) is 42.4 Å². The number of amides is 2. The molecule has 5 rings (SSSR count). The predicted octanol–water partition coefficient (Wildman–Crippen LogP) is 1.05. The Kier molecular flexibility index (Phi) is 4.07. The molecular formula is C23H20N4O4. The van der Waals surface area contributed by atoms with Crippen LogP contribution in [0, 0.1) is 17.8 Å². The van der Waals surface area contributed by atoms with Crippen molar-refractivity contribution >= 4 is 17.3 Å². The highest BCUT2D eigenvalue weighted by atomic mass is 16.5. The SMILES string of the molecule is COc1ccn2c(C(N)=O)nc(-c3cccc(C#C[C@]4(O)C(=O)N(C)[C@H]5C[C@H]54)c3)c2c1. The second kappa shape index (κ2) is 6.59. The molecule has 156 valence electrons. The van der Waals surface area contributed by atoms with Gasteiger partial charge in [-0.2, -0.15) is 0 Å². The lowest BCUT2D eigenvalue weighted by molar-refractivity contribution is -0.140. The number of primary amides is 1. The van der Waals surface area contributed by atoms with E-state index in [1.165, 1.54) is 0 Å². The van der Waals surface area contributed by atoms with Crippen LogP contribution in [0.1, 0.15) is 22.6 Å². The molecule has 3 N–H and O–H groups in total. The first-order valence-electron chi connectivity index (χ1n) is 9.82. The summed E-state index contributed by atoms with van der Waals surface area (Å²) < 4.78 is 6.92. The van der Waals surface area contributed by atoms with E-state index in [4.69, 9.17) is 10.5 Å². The van der Waals surface area contributed by atoms with E-state index in [-0.39, 0.29) is 23.7 Å². The van der Waals surface area contributed by atoms with E-state index in [9.17, 15) is 14.7 Å². The van der Waals surface area contributed by atoms with Crippen LogP contribution in [-0.4, -0.2) is 57.0 Å². The number of nitrogens with two attached hydrogens (primary N) is 1. The minimum absolute atomic E-state index is 0.0808. The first-order chi connectivity index (χ1) is 14.8. The van der Waals surface area contributed by atoms with Crippen molar-refractivity contribution in [2.75, 3.05) is 14.2 Å². The number of carbonyl (C=O) groups excluding carboxylic acids is 2. The number of imidazole rings is 1. The Morgan fingerprint density at radius 2 is 2.16 bits per heavy atom. The van der Waals surface area contributed by atoms with Crippen molar-refractivity contribution in [3.8, 4) is 28.8 Å². The van der Waals surface area contributed by atoms with Crippen molar-refractivity contribution in [3.05, 3.63) is 54.0 Å². The number of pyridine rings is 1. The molecule has 1 aliphatic heterocycles. The number of aliphatic hydroxyl groups is 1. The van der Waals surface area contributed by atoms with Crippen molar-refractivity contribution in [1.82, 2.24) is 14.3 Å². The zero-order valence-electron chi connectivity index (χ0n) is 17.0. The van der Waals surface area contributed by atoms with E-state index in [1.54, 1.807) is 60.0 Å². The molecule has 3 atom stereocenters. The fourth-order valence-electron chi connectivity index (χ4n) is 4.27. The largest absolute Gasteiger partial charge is 0.497 e. The Morgan fingerprint density at radius 3 is 2.84 bits per heavy atom. The third-order valence-corrected chi connectivity index (χ3v) is 6.04. The molecule has 31 heavy (non-hydrogen) atoms. The Hall–Kier alpha value is -3.83. The summed E-state index contributed by atoms with van der Waals surface area (Å²) in [4.78, 5) is 30.3. The van der Waals surface area contributed by atoms with Gasteiger partial charge in [0.05, 0.1) is 18.3 Å². The van der Waals surface area contributed by atoms with Gasteiger partial charge >= 0.3 is 0 Å². The lowest BCUT2D eigenvalue weighted by Gasteiger charge is -2.18. The topological polar surface area (TPSA) is 110 Å². The van der Waals surface area contributed by atoms with E-state index in [2.05, 4.69) is 16.8 Å². The van der Waals surface area contributed by atoms with Gasteiger partial charge in [0.1, 0.15) is 5.75 Å². The molecule has 1 aromatic carbocycles. The third-order valence-electron chi connectivity index (χ3n) is 6.04. The molecule has 8 heteroatoms. The molecule has 1 aliphatic carbocycles. The summed E-state index contributed by atoms with van der Waals surface area (Å²) in [5.74, 6) is 5.34. The van der Waals surface area contributed by atoms with Crippen LogP contribution in [0.5, 0.6) is 5.75 Å². The Labute approximate surface area is 178 Å². The predicted molar refractivity (Wildman–Crippen MR) is 112 cm³/mol. The van der Waals surface area contributed by atoms with Crippen molar-refractivity contribution in [3.63, 3.8) is 0 Å². The first-order valence-corrected chi connectivity index (χ1v) is 9.82. The van der Waals surface area contributed by atoms with Gasteiger partial charge in [0.2, 0.25) is 11.4 Å². The maximum Gasteiger partial charge on any atom is 0.285 e. The van der Waals surface area contributed by atoms with Crippen LogP contribution in [0.2, 0.25) is 0 Å². The summed E-state index contributed by atoms with van der Waals surface area (Å²) in [5.41, 5.74) is 6.42. The van der Waals surface area contributed by atoms with Crippen LogP contribution in [0.4, 0.5) is 0 Å². The minimum atomic E-state index is -1.64. The summed E-state index contributed by atoms with van der Waals surface area (Å²) in [7, 11) is 3.26. The number of hydrogen-bond acceptors (Lipinski definition) is 5. The Balaban J connectivity index is 1.57. The second-order valence-corrected chi connectivity index (χ2v) is 7.89. The van der Waals surface area contributed by atoms with Crippen molar-refractivity contribution in [1.29, 1.82) is 0 Å². The number of rotatable bonds is 3. The molecule has 0 spiro atoms. The van der Waals surface area contributed by atoms with Crippen LogP contribution in [0.3, 0.4) is 0 Å². The van der Waals surface area contributed by atoms with Gasteiger partial charge in [0.15, 0.2) is 0 Å². The highest BCUT2D eigenvalue weighted by Crippen LogP contribution is 2.50. The normalized spacial score (nSPS) is 24.0. The van der Waals surface area contributed by atoms with Crippen LogP contribution < -0.4 is 10.5 Å². The van der Waals surface area contributed by atoms with E-state index in [0.717, 1.165) is 12.0 Å². The molecule has 1 saturated carbocycles. The number of nitrogens with zero attached hydrogens (tertiary/aromatic N) is 3. The van der Waals surface area contributed by atoms with Crippen molar-refractivity contribution in [2.45, 2.75) is 18.1 Å². The minimum Gasteiger partial charge on any atom is -0.497 e. The van der Waals surface area contributed by atoms with Crippen LogP contribution >= 0.6 is 0 Å². The van der Waals surface area contributed by atoms with Gasteiger partial charge in [-0.15, -0.1) is 0 Å². The Morgan fingerprint density at radius 1 is 1.35 bits per heavy atom.